The monoisotopic (exact) mass is 954 g/mol. The molecule has 2 saturated heterocycles. The Morgan fingerprint density at radius 1 is 0.530 bits per heavy atom. The van der Waals surface area contributed by atoms with E-state index in [-0.39, 0.29) is 64.0 Å². The molecule has 24 N–H and O–H groups in total. The maximum absolute atomic E-state index is 12.5. The minimum absolute atomic E-state index is 0.0544. The fourth-order valence-corrected chi connectivity index (χ4v) is 8.85. The number of amides is 2. The molecule has 25 heteroatoms. The molecular weight excluding hydrogens is 871 g/mol. The van der Waals surface area contributed by atoms with Gasteiger partial charge in [-0.1, -0.05) is 25.7 Å². The fourth-order valence-electron chi connectivity index (χ4n) is 8.85. The average molecular weight is 954 g/mol. The van der Waals surface area contributed by atoms with Gasteiger partial charge in [0.15, 0.2) is 12.6 Å². The van der Waals surface area contributed by atoms with Crippen molar-refractivity contribution in [3.8, 4) is 0 Å². The number of aliphatic hydroxyl groups is 6. The van der Waals surface area contributed by atoms with E-state index in [1.165, 1.54) is 0 Å². The number of aliphatic hydroxyl groups excluding tert-OH is 6. The first-order chi connectivity index (χ1) is 31.4. The maximum Gasteiger partial charge on any atom is 0.234 e. The van der Waals surface area contributed by atoms with Crippen molar-refractivity contribution in [1.82, 2.24) is 15.5 Å². The zero-order valence-corrected chi connectivity index (χ0v) is 38.3. The van der Waals surface area contributed by atoms with Gasteiger partial charge in [-0.25, -0.2) is 0 Å². The highest BCUT2D eigenvalue weighted by atomic mass is 16.7. The highest BCUT2D eigenvalue weighted by Crippen LogP contribution is 2.30. The van der Waals surface area contributed by atoms with Crippen molar-refractivity contribution >= 4 is 11.8 Å². The highest BCUT2D eigenvalue weighted by Gasteiger charge is 2.50. The summed E-state index contributed by atoms with van der Waals surface area (Å²) in [6.45, 7) is 1.45. The van der Waals surface area contributed by atoms with Crippen LogP contribution in [0.15, 0.2) is 0 Å². The number of hydrogen-bond donors (Lipinski definition) is 16. The zero-order chi connectivity index (χ0) is 48.7. The topological polar surface area (TPSA) is 446 Å². The first-order valence-corrected chi connectivity index (χ1v) is 23.5. The summed E-state index contributed by atoms with van der Waals surface area (Å²) in [6.07, 6.45) is -8.54. The molecule has 0 bridgehead atoms. The molecular formula is C41H83N11O14. The van der Waals surface area contributed by atoms with Gasteiger partial charge in [-0.3, -0.25) is 14.5 Å². The molecule has 0 radical (unpaired) electrons. The van der Waals surface area contributed by atoms with E-state index in [1.54, 1.807) is 11.9 Å². The number of ether oxygens (including phenoxy) is 6. The Bertz CT molecular complexity index is 1320. The summed E-state index contributed by atoms with van der Waals surface area (Å²) in [5.74, 6) is -0.399. The van der Waals surface area contributed by atoms with Crippen LogP contribution in [-0.2, 0) is 38.0 Å². The van der Waals surface area contributed by atoms with Crippen LogP contribution in [0.5, 0.6) is 0 Å². The maximum atomic E-state index is 12.5. The first kappa shape index (κ1) is 56.7. The van der Waals surface area contributed by atoms with Crippen LogP contribution in [0.4, 0.5) is 0 Å². The lowest BCUT2D eigenvalue weighted by atomic mass is 9.84. The van der Waals surface area contributed by atoms with Crippen molar-refractivity contribution in [2.45, 2.75) is 186 Å². The summed E-state index contributed by atoms with van der Waals surface area (Å²) in [5, 5.41) is 68.7. The van der Waals surface area contributed by atoms with Crippen LogP contribution in [0.25, 0.3) is 0 Å². The van der Waals surface area contributed by atoms with E-state index < -0.39 is 122 Å². The van der Waals surface area contributed by atoms with Gasteiger partial charge in [-0.05, 0) is 45.6 Å². The molecule has 0 aromatic carbocycles. The van der Waals surface area contributed by atoms with E-state index in [9.17, 15) is 40.2 Å². The molecule has 25 nitrogen and oxygen atoms in total. The second kappa shape index (κ2) is 28.1. The second-order valence-corrected chi connectivity index (χ2v) is 18.4. The molecule has 20 atom stereocenters. The molecule has 0 aromatic rings. The van der Waals surface area contributed by atoms with Gasteiger partial charge in [0.25, 0.3) is 0 Å². The average Bonchev–Trinajstić information content (AvgIpc) is 3.27. The molecule has 20 unspecified atom stereocenters. The SMILES string of the molecule is CN(CC(=O)NCCCCCCOC1C(O)C(N)CC(N)C1OC1OC(CN)C(O)C(O)C1N)CC(=O)NCCCCCCOC1C(O)C(N)CC(N)C1OC1OC(CN)C(O)C(O)C1N. The van der Waals surface area contributed by atoms with Crippen molar-refractivity contribution in [3.63, 3.8) is 0 Å². The van der Waals surface area contributed by atoms with Crippen LogP contribution in [-0.4, -0.2) is 229 Å². The Morgan fingerprint density at radius 3 is 1.26 bits per heavy atom. The van der Waals surface area contributed by atoms with E-state index in [1.807, 2.05) is 0 Å². The quantitative estimate of drug-likeness (QED) is 0.0358. The molecule has 4 fully saturated rings. The largest absolute Gasteiger partial charge is 0.389 e. The van der Waals surface area contributed by atoms with Crippen molar-refractivity contribution in [2.75, 3.05) is 59.5 Å². The molecule has 2 amide bonds. The normalized spacial score (nSPS) is 39.8. The lowest BCUT2D eigenvalue weighted by Gasteiger charge is -2.46. The summed E-state index contributed by atoms with van der Waals surface area (Å²) in [4.78, 5) is 26.7. The van der Waals surface area contributed by atoms with Gasteiger partial charge in [0.1, 0.15) is 61.0 Å². The smallest absolute Gasteiger partial charge is 0.234 e. The molecule has 0 spiro atoms. The number of rotatable bonds is 26. The number of nitrogens with one attached hydrogen (secondary N) is 2. The number of hydrogen-bond acceptors (Lipinski definition) is 23. The van der Waals surface area contributed by atoms with Crippen molar-refractivity contribution in [2.24, 2.45) is 45.9 Å². The number of unbranched alkanes of at least 4 members (excludes halogenated alkanes) is 6. The van der Waals surface area contributed by atoms with Crippen LogP contribution in [0, 0.1) is 0 Å². The Kier molecular flexibility index (Phi) is 24.1. The van der Waals surface area contributed by atoms with Gasteiger partial charge in [0, 0.05) is 63.6 Å². The van der Waals surface area contributed by atoms with Crippen molar-refractivity contribution < 1.29 is 68.6 Å². The van der Waals surface area contributed by atoms with Gasteiger partial charge in [0.2, 0.25) is 11.8 Å². The third-order valence-electron chi connectivity index (χ3n) is 12.9. The number of likely N-dealkylation sites (N-methyl/N-ethyl adjacent to an activating group) is 1. The van der Waals surface area contributed by atoms with Crippen molar-refractivity contribution in [1.29, 1.82) is 0 Å². The van der Waals surface area contributed by atoms with Crippen molar-refractivity contribution in [3.05, 3.63) is 0 Å². The molecule has 2 aliphatic carbocycles. The highest BCUT2D eigenvalue weighted by molar-refractivity contribution is 5.81. The summed E-state index contributed by atoms with van der Waals surface area (Å²) >= 11 is 0. The predicted octanol–water partition coefficient (Wildman–Crippen LogP) is -7.88. The van der Waals surface area contributed by atoms with Gasteiger partial charge >= 0.3 is 0 Å². The molecule has 66 heavy (non-hydrogen) atoms. The number of carbonyl (C=O) groups is 2. The van der Waals surface area contributed by atoms with E-state index >= 15 is 0 Å². The molecule has 2 aliphatic heterocycles. The van der Waals surface area contributed by atoms with Crippen LogP contribution in [0.2, 0.25) is 0 Å². The van der Waals surface area contributed by atoms with Gasteiger partial charge in [0.05, 0.1) is 37.4 Å². The minimum atomic E-state index is -1.34. The molecule has 2 saturated carbocycles. The lowest BCUT2D eigenvalue weighted by molar-refractivity contribution is -0.291. The Labute approximate surface area is 387 Å². The molecule has 0 aromatic heterocycles. The first-order valence-electron chi connectivity index (χ1n) is 23.5. The van der Waals surface area contributed by atoms with Gasteiger partial charge in [-0.15, -0.1) is 0 Å². The number of nitrogens with zero attached hydrogens (tertiary/aromatic N) is 1. The summed E-state index contributed by atoms with van der Waals surface area (Å²) in [7, 11) is 1.69. The Morgan fingerprint density at radius 2 is 0.894 bits per heavy atom. The van der Waals surface area contributed by atoms with Crippen LogP contribution in [0.1, 0.15) is 64.2 Å². The molecule has 4 aliphatic rings. The molecule has 4 rings (SSSR count). The van der Waals surface area contributed by atoms with Gasteiger partial charge < -0.3 is 116 Å². The van der Waals surface area contributed by atoms with E-state index in [4.69, 9.17) is 74.3 Å². The predicted molar refractivity (Wildman–Crippen MR) is 238 cm³/mol. The van der Waals surface area contributed by atoms with Crippen LogP contribution in [0.3, 0.4) is 0 Å². The van der Waals surface area contributed by atoms with Gasteiger partial charge in [-0.2, -0.15) is 0 Å². The standard InChI is InChI=1S/C41H83N11O14/c1-52(18-26(53)50-10-6-2-4-8-12-61-38-30(55)20(44)14-22(46)36(38)65-40-28(48)34(59)32(57)24(16-42)63-40)19-27(54)51-11-7-3-5-9-13-62-39-31(56)21(45)15-23(47)37(39)66-41-29(49)35(60)33(58)25(17-43)64-41/h20-25,28-41,55-60H,2-19,42-49H2,1H3,(H,50,53)(H,51,54). The Hall–Kier alpha value is -1.90. The molecule has 386 valence electrons. The lowest BCUT2D eigenvalue weighted by Crippen LogP contribution is -2.67. The number of carbonyl (C=O) groups excluding carboxylic acids is 2. The fraction of sp³-hybridized carbons (Fsp3) is 0.951. The van der Waals surface area contributed by atoms with E-state index in [0.717, 1.165) is 38.5 Å². The Balaban J connectivity index is 1.03. The summed E-state index contributed by atoms with van der Waals surface area (Å²) in [6, 6.07) is -4.70. The van der Waals surface area contributed by atoms with E-state index in [2.05, 4.69) is 10.6 Å². The minimum Gasteiger partial charge on any atom is -0.389 e. The third-order valence-corrected chi connectivity index (χ3v) is 12.9. The molecule has 2 heterocycles. The summed E-state index contributed by atoms with van der Waals surface area (Å²) in [5.41, 5.74) is 48.5. The zero-order valence-electron chi connectivity index (χ0n) is 38.3. The summed E-state index contributed by atoms with van der Waals surface area (Å²) < 4.78 is 35.6. The van der Waals surface area contributed by atoms with Crippen LogP contribution < -0.4 is 56.5 Å². The van der Waals surface area contributed by atoms with E-state index in [0.29, 0.717) is 25.9 Å². The third kappa shape index (κ3) is 16.1. The number of nitrogens with two attached hydrogens (primary N) is 8. The van der Waals surface area contributed by atoms with Crippen LogP contribution >= 0.6 is 0 Å². The second-order valence-electron chi connectivity index (χ2n) is 18.4.